The predicted octanol–water partition coefficient (Wildman–Crippen LogP) is -0.658. The third-order valence-corrected chi connectivity index (χ3v) is 2.32. The van der Waals surface area contributed by atoms with E-state index in [1.807, 2.05) is 0 Å². The van der Waals surface area contributed by atoms with E-state index in [2.05, 4.69) is 35.2 Å². The molecule has 0 aromatic rings. The van der Waals surface area contributed by atoms with E-state index < -0.39 is 5.97 Å². The number of ether oxygens (including phenoxy) is 1. The summed E-state index contributed by atoms with van der Waals surface area (Å²) in [6, 6.07) is 0. The van der Waals surface area contributed by atoms with Crippen LogP contribution in [0.25, 0.3) is 0 Å². The molecule has 1 aliphatic rings. The monoisotopic (exact) mass is 231 g/mol. The van der Waals surface area contributed by atoms with E-state index in [4.69, 9.17) is 4.74 Å². The van der Waals surface area contributed by atoms with Crippen molar-refractivity contribution >= 4 is 26.9 Å². The predicted molar refractivity (Wildman–Crippen MR) is 72.8 cm³/mol. The Hall–Kier alpha value is -1.24. The zero-order chi connectivity index (χ0) is 12.8. The van der Waals surface area contributed by atoms with Crippen LogP contribution in [-0.4, -0.2) is 33.4 Å². The van der Waals surface area contributed by atoms with Gasteiger partial charge in [-0.15, -0.1) is 13.2 Å². The molecule has 0 spiro atoms. The Bertz CT molecular complexity index is 321. The topological polar surface area (TPSA) is 62.4 Å². The van der Waals surface area contributed by atoms with Crippen LogP contribution in [0.2, 0.25) is 0 Å². The van der Waals surface area contributed by atoms with Gasteiger partial charge in [0.1, 0.15) is 0 Å². The maximum atomic E-state index is 11.3. The zero-order valence-corrected chi connectivity index (χ0v) is 10.0. The van der Waals surface area contributed by atoms with E-state index >= 15 is 0 Å². The molecular weight excluding hydrogens is 215 g/mol. The molecule has 1 aliphatic heterocycles. The first-order valence-corrected chi connectivity index (χ1v) is 5.42. The van der Waals surface area contributed by atoms with Crippen molar-refractivity contribution in [3.63, 3.8) is 0 Å². The Morgan fingerprint density at radius 2 is 1.76 bits per heavy atom. The fourth-order valence-electron chi connectivity index (χ4n) is 1.42. The van der Waals surface area contributed by atoms with Gasteiger partial charge in [0.05, 0.1) is 6.51 Å². The van der Waals surface area contributed by atoms with Crippen LogP contribution in [0.3, 0.4) is 0 Å². The highest BCUT2D eigenvalue weighted by Gasteiger charge is 2.32. The lowest BCUT2D eigenvalue weighted by atomic mass is 9.50. The van der Waals surface area contributed by atoms with Gasteiger partial charge in [-0.2, -0.15) is 0 Å². The first-order valence-electron chi connectivity index (χ1n) is 5.42. The highest BCUT2D eigenvalue weighted by Crippen LogP contribution is 1.94. The molecule has 0 aromatic heterocycles. The van der Waals surface area contributed by atoms with Crippen LogP contribution in [-0.2, 0) is 9.53 Å². The SMILES string of the molecule is C=CB1NB(C=C)NB(COC(=O)C(=C)C)N1. The van der Waals surface area contributed by atoms with Gasteiger partial charge in [0.15, 0.2) is 0 Å². The van der Waals surface area contributed by atoms with Crippen LogP contribution in [0.5, 0.6) is 0 Å². The molecule has 0 amide bonds. The minimum Gasteiger partial charge on any atom is -0.467 e. The molecule has 0 atom stereocenters. The highest BCUT2D eigenvalue weighted by molar-refractivity contribution is 6.90. The van der Waals surface area contributed by atoms with Gasteiger partial charge in [-0.05, 0) is 6.92 Å². The van der Waals surface area contributed by atoms with Gasteiger partial charge < -0.3 is 20.2 Å². The van der Waals surface area contributed by atoms with Crippen LogP contribution in [0.4, 0.5) is 0 Å². The second-order valence-electron chi connectivity index (χ2n) is 3.86. The van der Waals surface area contributed by atoms with Crippen LogP contribution >= 0.6 is 0 Å². The molecule has 1 heterocycles. The average Bonchev–Trinajstić information content (AvgIpc) is 2.35. The molecule has 1 rings (SSSR count). The molecule has 5 nitrogen and oxygen atoms in total. The molecule has 8 heteroatoms. The lowest BCUT2D eigenvalue weighted by Gasteiger charge is -2.30. The molecule has 0 aromatic carbocycles. The maximum Gasteiger partial charge on any atom is 0.332 e. The van der Waals surface area contributed by atoms with Crippen molar-refractivity contribution in [3.8, 4) is 0 Å². The van der Waals surface area contributed by atoms with Crippen molar-refractivity contribution in [2.24, 2.45) is 0 Å². The number of hydrogen-bond donors (Lipinski definition) is 3. The van der Waals surface area contributed by atoms with Crippen LogP contribution in [0.15, 0.2) is 37.3 Å². The molecule has 1 saturated heterocycles. The van der Waals surface area contributed by atoms with Gasteiger partial charge in [-0.25, -0.2) is 4.79 Å². The molecular formula is C9H16B3N3O2. The first-order chi connectivity index (χ1) is 8.06. The Kier molecular flexibility index (Phi) is 5.28. The van der Waals surface area contributed by atoms with E-state index in [-0.39, 0.29) is 27.5 Å². The molecule has 88 valence electrons. The van der Waals surface area contributed by atoms with E-state index in [9.17, 15) is 4.79 Å². The molecule has 1 fully saturated rings. The Morgan fingerprint density at radius 1 is 1.24 bits per heavy atom. The summed E-state index contributed by atoms with van der Waals surface area (Å²) in [5.41, 5.74) is 0.388. The lowest BCUT2D eigenvalue weighted by molar-refractivity contribution is -0.137. The van der Waals surface area contributed by atoms with E-state index in [1.165, 1.54) is 0 Å². The van der Waals surface area contributed by atoms with Gasteiger partial charge in [0.25, 0.3) is 0 Å². The summed E-state index contributed by atoms with van der Waals surface area (Å²) >= 11 is 0. The molecule has 0 radical (unpaired) electrons. The quantitative estimate of drug-likeness (QED) is 0.333. The van der Waals surface area contributed by atoms with Gasteiger partial charge in [0.2, 0.25) is 0 Å². The number of esters is 1. The highest BCUT2D eigenvalue weighted by atomic mass is 16.5. The fourth-order valence-corrected chi connectivity index (χ4v) is 1.42. The Labute approximate surface area is 103 Å². The third kappa shape index (κ3) is 4.26. The number of carbonyl (C=O) groups is 1. The zero-order valence-electron chi connectivity index (χ0n) is 10.0. The van der Waals surface area contributed by atoms with E-state index in [0.29, 0.717) is 5.57 Å². The summed E-state index contributed by atoms with van der Waals surface area (Å²) in [5.74, 6) is 3.09. The maximum absolute atomic E-state index is 11.3. The van der Waals surface area contributed by atoms with Crippen molar-refractivity contribution in [2.75, 3.05) is 6.51 Å². The summed E-state index contributed by atoms with van der Waals surface area (Å²) in [5, 5.41) is 9.51. The number of carbonyl (C=O) groups excluding carboxylic acids is 1. The van der Waals surface area contributed by atoms with Crippen LogP contribution in [0, 0.1) is 0 Å². The molecule has 0 unspecified atom stereocenters. The second kappa shape index (κ2) is 6.49. The van der Waals surface area contributed by atoms with Gasteiger partial charge in [-0.1, -0.05) is 18.5 Å². The fraction of sp³-hybridized carbons (Fsp3) is 0.222. The summed E-state index contributed by atoms with van der Waals surface area (Å²) in [4.78, 5) is 11.3. The summed E-state index contributed by atoms with van der Waals surface area (Å²) < 4.78 is 5.07. The van der Waals surface area contributed by atoms with E-state index in [0.717, 1.165) is 0 Å². The second-order valence-corrected chi connectivity index (χ2v) is 3.86. The lowest BCUT2D eigenvalue weighted by Crippen LogP contribution is -2.75. The Morgan fingerprint density at radius 3 is 2.18 bits per heavy atom. The minimum atomic E-state index is -0.391. The molecule has 3 N–H and O–H groups in total. The van der Waals surface area contributed by atoms with Crippen molar-refractivity contribution in [2.45, 2.75) is 6.92 Å². The standard InChI is InChI=1S/C9H16B3N3O2/c1-5-10-13-11(6-2)15-12(14-10)7-17-9(16)8(3)4/h5-6,13-15H,1-3,7H2,4H3. The van der Waals surface area contributed by atoms with Crippen molar-refractivity contribution < 1.29 is 9.53 Å². The summed E-state index contributed by atoms with van der Waals surface area (Å²) in [6.07, 6.45) is 0. The number of rotatable bonds is 5. The van der Waals surface area contributed by atoms with Crippen LogP contribution in [0.1, 0.15) is 6.92 Å². The van der Waals surface area contributed by atoms with Gasteiger partial charge >= 0.3 is 26.9 Å². The van der Waals surface area contributed by atoms with Crippen molar-refractivity contribution in [3.05, 3.63) is 37.3 Å². The summed E-state index contributed by atoms with van der Waals surface area (Å²) in [7, 11) is 0. The van der Waals surface area contributed by atoms with Crippen molar-refractivity contribution in [1.29, 1.82) is 0 Å². The van der Waals surface area contributed by atoms with Crippen molar-refractivity contribution in [1.82, 2.24) is 15.4 Å². The van der Waals surface area contributed by atoms with Crippen LogP contribution < -0.4 is 15.4 Å². The largest absolute Gasteiger partial charge is 0.467 e. The first kappa shape index (κ1) is 13.8. The average molecular weight is 231 g/mol. The molecule has 0 saturated carbocycles. The normalized spacial score (nSPS) is 15.5. The van der Waals surface area contributed by atoms with E-state index in [1.54, 1.807) is 18.9 Å². The van der Waals surface area contributed by atoms with Gasteiger partial charge in [0, 0.05) is 5.57 Å². The minimum absolute atomic E-state index is 0.0484. The third-order valence-electron chi connectivity index (χ3n) is 2.32. The molecule has 0 aliphatic carbocycles. The van der Waals surface area contributed by atoms with Gasteiger partial charge in [-0.3, -0.25) is 0 Å². The molecule has 0 bridgehead atoms. The summed E-state index contributed by atoms with van der Waals surface area (Å²) in [6.45, 7) is 12.5. The number of hydrogen-bond acceptors (Lipinski definition) is 5. The smallest absolute Gasteiger partial charge is 0.332 e. The Balaban J connectivity index is 2.46. The number of nitrogens with one attached hydrogen (secondary N) is 3. The molecule has 17 heavy (non-hydrogen) atoms.